The van der Waals surface area contributed by atoms with Gasteiger partial charge < -0.3 is 9.47 Å². The molecule has 0 radical (unpaired) electrons. The second kappa shape index (κ2) is 5.39. The van der Waals surface area contributed by atoms with Crippen molar-refractivity contribution in [2.45, 2.75) is 19.8 Å². The van der Waals surface area contributed by atoms with Gasteiger partial charge in [0.15, 0.2) is 0 Å². The zero-order valence-electron chi connectivity index (χ0n) is 9.37. The molecular weight excluding hydrogens is 192 g/mol. The van der Waals surface area contributed by atoms with Crippen LogP contribution in [0.2, 0.25) is 0 Å². The summed E-state index contributed by atoms with van der Waals surface area (Å²) in [5.41, 5.74) is 1.52. The monoisotopic (exact) mass is 208 g/mol. The van der Waals surface area contributed by atoms with E-state index in [2.05, 4.69) is 6.92 Å². The molecule has 1 aromatic rings. The molecule has 1 aromatic carbocycles. The van der Waals surface area contributed by atoms with Crippen molar-refractivity contribution < 1.29 is 14.3 Å². The largest absolute Gasteiger partial charge is 0.496 e. The number of ether oxygens (including phenoxy) is 2. The second-order valence-corrected chi connectivity index (χ2v) is 3.24. The Morgan fingerprint density at radius 3 is 2.60 bits per heavy atom. The predicted octanol–water partition coefficient (Wildman–Crippen LogP) is 2.43. The zero-order chi connectivity index (χ0) is 11.3. The van der Waals surface area contributed by atoms with Crippen LogP contribution < -0.4 is 4.74 Å². The summed E-state index contributed by atoms with van der Waals surface area (Å²) in [6.45, 7) is 2.07. The van der Waals surface area contributed by atoms with Gasteiger partial charge in [-0.25, -0.2) is 4.79 Å². The first-order valence-corrected chi connectivity index (χ1v) is 4.98. The third kappa shape index (κ3) is 2.49. The van der Waals surface area contributed by atoms with Gasteiger partial charge in [-0.3, -0.25) is 0 Å². The Morgan fingerprint density at radius 2 is 2.07 bits per heavy atom. The molecule has 15 heavy (non-hydrogen) atoms. The fourth-order valence-corrected chi connectivity index (χ4v) is 1.56. The summed E-state index contributed by atoms with van der Waals surface area (Å²) in [6.07, 6.45) is 1.83. The fraction of sp³-hybridized carbons (Fsp3) is 0.417. The maximum absolute atomic E-state index is 11.6. The van der Waals surface area contributed by atoms with E-state index < -0.39 is 0 Å². The topological polar surface area (TPSA) is 35.5 Å². The Morgan fingerprint density at radius 1 is 1.33 bits per heavy atom. The summed E-state index contributed by atoms with van der Waals surface area (Å²) in [5, 5.41) is 0. The molecule has 0 unspecified atom stereocenters. The minimum absolute atomic E-state index is 0.337. The van der Waals surface area contributed by atoms with E-state index in [-0.39, 0.29) is 5.97 Å². The Kier molecular flexibility index (Phi) is 4.16. The molecule has 0 heterocycles. The highest BCUT2D eigenvalue weighted by atomic mass is 16.5. The summed E-state index contributed by atoms with van der Waals surface area (Å²) in [6, 6.07) is 5.58. The van der Waals surface area contributed by atoms with Crippen LogP contribution in [0.25, 0.3) is 0 Å². The summed E-state index contributed by atoms with van der Waals surface area (Å²) >= 11 is 0. The van der Waals surface area contributed by atoms with Crippen LogP contribution in [0.15, 0.2) is 18.2 Å². The molecule has 0 saturated heterocycles. The van der Waals surface area contributed by atoms with Crippen LogP contribution in [-0.4, -0.2) is 20.2 Å². The van der Waals surface area contributed by atoms with E-state index >= 15 is 0 Å². The number of rotatable bonds is 4. The highest BCUT2D eigenvalue weighted by Crippen LogP contribution is 2.24. The van der Waals surface area contributed by atoms with Gasteiger partial charge in [0.25, 0.3) is 0 Å². The molecule has 0 fully saturated rings. The number of carbonyl (C=O) groups is 1. The lowest BCUT2D eigenvalue weighted by molar-refractivity contribution is 0.0596. The molecule has 0 aliphatic rings. The van der Waals surface area contributed by atoms with E-state index in [4.69, 9.17) is 9.47 Å². The van der Waals surface area contributed by atoms with Crippen LogP contribution >= 0.6 is 0 Å². The van der Waals surface area contributed by atoms with Gasteiger partial charge in [-0.1, -0.05) is 25.5 Å². The number of benzene rings is 1. The zero-order valence-corrected chi connectivity index (χ0v) is 9.37. The van der Waals surface area contributed by atoms with Crippen molar-refractivity contribution in [2.75, 3.05) is 14.2 Å². The minimum Gasteiger partial charge on any atom is -0.496 e. The first-order chi connectivity index (χ1) is 7.24. The molecule has 3 heteroatoms. The molecule has 0 N–H and O–H groups in total. The molecule has 0 amide bonds. The molecule has 1 rings (SSSR count). The molecule has 3 nitrogen and oxygen atoms in total. The van der Waals surface area contributed by atoms with Crippen molar-refractivity contribution in [1.29, 1.82) is 0 Å². The van der Waals surface area contributed by atoms with E-state index in [0.29, 0.717) is 11.3 Å². The average molecular weight is 208 g/mol. The van der Waals surface area contributed by atoms with Gasteiger partial charge in [-0.2, -0.15) is 0 Å². The van der Waals surface area contributed by atoms with E-state index in [1.165, 1.54) is 7.11 Å². The van der Waals surface area contributed by atoms with Crippen molar-refractivity contribution in [2.24, 2.45) is 0 Å². The third-order valence-corrected chi connectivity index (χ3v) is 2.24. The third-order valence-electron chi connectivity index (χ3n) is 2.24. The van der Waals surface area contributed by atoms with Crippen molar-refractivity contribution in [3.63, 3.8) is 0 Å². The molecule has 0 atom stereocenters. The van der Waals surface area contributed by atoms with Crippen LogP contribution in [0.5, 0.6) is 5.75 Å². The molecule has 0 aliphatic carbocycles. The van der Waals surface area contributed by atoms with Gasteiger partial charge >= 0.3 is 5.97 Å². The van der Waals surface area contributed by atoms with E-state index in [1.807, 2.05) is 12.1 Å². The lowest BCUT2D eigenvalue weighted by Crippen LogP contribution is -2.08. The number of carbonyl (C=O) groups excluding carboxylic acids is 1. The molecule has 82 valence electrons. The van der Waals surface area contributed by atoms with Crippen molar-refractivity contribution >= 4 is 5.97 Å². The Hall–Kier alpha value is -1.51. The van der Waals surface area contributed by atoms with Crippen LogP contribution in [0.1, 0.15) is 29.3 Å². The number of aryl methyl sites for hydroxylation is 1. The van der Waals surface area contributed by atoms with Gasteiger partial charge in [0, 0.05) is 0 Å². The van der Waals surface area contributed by atoms with Crippen molar-refractivity contribution in [3.05, 3.63) is 29.3 Å². The van der Waals surface area contributed by atoms with Crippen molar-refractivity contribution in [3.8, 4) is 5.75 Å². The number of hydrogen-bond donors (Lipinski definition) is 0. The van der Waals surface area contributed by atoms with Crippen LogP contribution in [0, 0.1) is 0 Å². The van der Waals surface area contributed by atoms with Gasteiger partial charge in [-0.15, -0.1) is 0 Å². The number of esters is 1. The Bertz CT molecular complexity index is 345. The van der Waals surface area contributed by atoms with Gasteiger partial charge in [0.2, 0.25) is 0 Å². The van der Waals surface area contributed by atoms with Crippen molar-refractivity contribution in [1.82, 2.24) is 0 Å². The highest BCUT2D eigenvalue weighted by Gasteiger charge is 2.16. The molecule has 0 bridgehead atoms. The highest BCUT2D eigenvalue weighted by molar-refractivity contribution is 5.94. The average Bonchev–Trinajstić information content (AvgIpc) is 2.28. The number of methoxy groups -OCH3 is 2. The van der Waals surface area contributed by atoms with E-state index in [1.54, 1.807) is 13.2 Å². The summed E-state index contributed by atoms with van der Waals surface area (Å²) in [7, 11) is 2.93. The summed E-state index contributed by atoms with van der Waals surface area (Å²) in [5.74, 6) is 0.240. The Balaban J connectivity index is 3.20. The SMILES string of the molecule is CCCc1cccc(OC)c1C(=O)OC. The lowest BCUT2D eigenvalue weighted by atomic mass is 10.0. The first kappa shape index (κ1) is 11.6. The molecule has 0 spiro atoms. The first-order valence-electron chi connectivity index (χ1n) is 4.98. The smallest absolute Gasteiger partial charge is 0.341 e. The predicted molar refractivity (Wildman–Crippen MR) is 58.3 cm³/mol. The van der Waals surface area contributed by atoms with Crippen LogP contribution in [0.3, 0.4) is 0 Å². The quantitative estimate of drug-likeness (QED) is 0.713. The Labute approximate surface area is 90.0 Å². The van der Waals surface area contributed by atoms with E-state index in [9.17, 15) is 4.79 Å². The van der Waals surface area contributed by atoms with Crippen LogP contribution in [0.4, 0.5) is 0 Å². The normalized spacial score (nSPS) is 9.80. The van der Waals surface area contributed by atoms with E-state index in [0.717, 1.165) is 18.4 Å². The maximum atomic E-state index is 11.6. The summed E-state index contributed by atoms with van der Waals surface area (Å²) in [4.78, 5) is 11.6. The fourth-order valence-electron chi connectivity index (χ4n) is 1.56. The summed E-state index contributed by atoms with van der Waals surface area (Å²) < 4.78 is 9.90. The van der Waals surface area contributed by atoms with Gasteiger partial charge in [-0.05, 0) is 18.1 Å². The van der Waals surface area contributed by atoms with Gasteiger partial charge in [0.1, 0.15) is 11.3 Å². The van der Waals surface area contributed by atoms with Crippen LogP contribution in [-0.2, 0) is 11.2 Å². The number of hydrogen-bond acceptors (Lipinski definition) is 3. The molecule has 0 saturated carbocycles. The standard InChI is InChI=1S/C12H16O3/c1-4-6-9-7-5-8-10(14-2)11(9)12(13)15-3/h5,7-8H,4,6H2,1-3H3. The second-order valence-electron chi connectivity index (χ2n) is 3.24. The van der Waals surface area contributed by atoms with Gasteiger partial charge in [0.05, 0.1) is 14.2 Å². The molecular formula is C12H16O3. The maximum Gasteiger partial charge on any atom is 0.341 e. The molecule has 0 aromatic heterocycles. The minimum atomic E-state index is -0.337. The lowest BCUT2D eigenvalue weighted by Gasteiger charge is -2.11. The molecule has 0 aliphatic heterocycles.